The molecule has 5 heteroatoms. The van der Waals surface area contributed by atoms with Gasteiger partial charge in [-0.05, 0) is 55.7 Å². The zero-order chi connectivity index (χ0) is 17.0. The van der Waals surface area contributed by atoms with Crippen LogP contribution in [0, 0.1) is 18.8 Å². The number of fused-ring (bicyclic) bond motifs is 5. The number of aryl methyl sites for hydroxylation is 1. The van der Waals surface area contributed by atoms with E-state index in [1.165, 1.54) is 38.8 Å². The summed E-state index contributed by atoms with van der Waals surface area (Å²) >= 11 is 0. The van der Waals surface area contributed by atoms with Gasteiger partial charge in [-0.2, -0.15) is 0 Å². The van der Waals surface area contributed by atoms with Crippen molar-refractivity contribution in [2.75, 3.05) is 26.2 Å². The molecule has 2 aromatic rings. The SMILES string of the molecule is Cc1nc2ccc(C(=O)N3C[C@@H]4CC[C@H](C3)N(CC3CC3)C4)cc2o1. The summed E-state index contributed by atoms with van der Waals surface area (Å²) in [5, 5.41) is 0. The average Bonchev–Trinajstić information content (AvgIpc) is 3.38. The van der Waals surface area contributed by atoms with E-state index in [0.717, 1.165) is 30.1 Å². The number of piperidine rings is 1. The first-order valence-electron chi connectivity index (χ1n) is 9.56. The smallest absolute Gasteiger partial charge is 0.254 e. The van der Waals surface area contributed by atoms with Crippen molar-refractivity contribution in [1.29, 1.82) is 0 Å². The third-order valence-corrected chi connectivity index (χ3v) is 6.05. The molecule has 2 bridgehead atoms. The van der Waals surface area contributed by atoms with Crippen molar-refractivity contribution in [2.45, 2.75) is 38.6 Å². The van der Waals surface area contributed by atoms with Crippen LogP contribution >= 0.6 is 0 Å². The molecule has 25 heavy (non-hydrogen) atoms. The number of carbonyl (C=O) groups is 1. The fourth-order valence-electron chi connectivity index (χ4n) is 4.56. The normalized spacial score (nSPS) is 27.0. The van der Waals surface area contributed by atoms with Gasteiger partial charge < -0.3 is 9.32 Å². The molecule has 1 aromatic heterocycles. The summed E-state index contributed by atoms with van der Waals surface area (Å²) < 4.78 is 5.60. The van der Waals surface area contributed by atoms with Crippen LogP contribution < -0.4 is 0 Å². The number of amides is 1. The summed E-state index contributed by atoms with van der Waals surface area (Å²) in [7, 11) is 0. The van der Waals surface area contributed by atoms with Crippen LogP contribution in [0.4, 0.5) is 0 Å². The lowest BCUT2D eigenvalue weighted by Crippen LogP contribution is -2.45. The average molecular weight is 339 g/mol. The van der Waals surface area contributed by atoms with E-state index >= 15 is 0 Å². The van der Waals surface area contributed by atoms with Gasteiger partial charge in [-0.15, -0.1) is 0 Å². The molecule has 1 saturated carbocycles. The maximum atomic E-state index is 13.1. The molecule has 2 atom stereocenters. The predicted molar refractivity (Wildman–Crippen MR) is 95.5 cm³/mol. The first kappa shape index (κ1) is 15.4. The van der Waals surface area contributed by atoms with Gasteiger partial charge in [0, 0.05) is 44.7 Å². The van der Waals surface area contributed by atoms with Crippen molar-refractivity contribution >= 4 is 17.0 Å². The minimum absolute atomic E-state index is 0.140. The Bertz CT molecular complexity index is 810. The molecule has 1 amide bonds. The van der Waals surface area contributed by atoms with Crippen LogP contribution in [-0.2, 0) is 0 Å². The Balaban J connectivity index is 1.37. The van der Waals surface area contributed by atoms with E-state index in [0.29, 0.717) is 23.4 Å². The van der Waals surface area contributed by atoms with E-state index in [1.807, 2.05) is 25.1 Å². The van der Waals surface area contributed by atoms with E-state index in [-0.39, 0.29) is 5.91 Å². The Morgan fingerprint density at radius 3 is 2.92 bits per heavy atom. The molecular formula is C20H25N3O2. The molecule has 3 aliphatic heterocycles. The number of rotatable bonds is 3. The number of hydrogen-bond donors (Lipinski definition) is 0. The summed E-state index contributed by atoms with van der Waals surface area (Å²) in [4.78, 5) is 22.2. The molecule has 1 aliphatic carbocycles. The van der Waals surface area contributed by atoms with Gasteiger partial charge in [0.15, 0.2) is 11.5 Å². The minimum atomic E-state index is 0.140. The van der Waals surface area contributed by atoms with Crippen LogP contribution in [0.1, 0.15) is 41.9 Å². The van der Waals surface area contributed by atoms with Crippen molar-refractivity contribution in [2.24, 2.45) is 11.8 Å². The number of aromatic nitrogens is 1. The van der Waals surface area contributed by atoms with Crippen molar-refractivity contribution in [1.82, 2.24) is 14.8 Å². The zero-order valence-electron chi connectivity index (χ0n) is 14.8. The fourth-order valence-corrected chi connectivity index (χ4v) is 4.56. The van der Waals surface area contributed by atoms with Gasteiger partial charge in [-0.1, -0.05) is 0 Å². The van der Waals surface area contributed by atoms with Gasteiger partial charge in [0.1, 0.15) is 5.52 Å². The summed E-state index contributed by atoms with van der Waals surface area (Å²) in [6.45, 7) is 6.01. The molecule has 4 fully saturated rings. The standard InChI is InChI=1S/C20H25N3O2/c1-13-21-18-7-5-16(8-19(18)25-13)20(24)23-11-15-4-6-17(12-23)22(10-15)9-14-2-3-14/h5,7-8,14-15,17H,2-4,6,9-12H2,1H3/t15-,17-/m1/s1. The Morgan fingerprint density at radius 1 is 1.20 bits per heavy atom. The zero-order valence-corrected chi connectivity index (χ0v) is 14.8. The predicted octanol–water partition coefficient (Wildman–Crippen LogP) is 3.08. The van der Waals surface area contributed by atoms with E-state index in [2.05, 4.69) is 14.8 Å². The Hall–Kier alpha value is -1.88. The summed E-state index contributed by atoms with van der Waals surface area (Å²) in [5.74, 6) is 2.32. The van der Waals surface area contributed by atoms with Crippen molar-refractivity contribution in [3.05, 3.63) is 29.7 Å². The van der Waals surface area contributed by atoms with Gasteiger partial charge in [0.25, 0.3) is 5.91 Å². The monoisotopic (exact) mass is 339 g/mol. The number of oxazole rings is 1. The lowest BCUT2D eigenvalue weighted by molar-refractivity contribution is 0.0737. The number of carbonyl (C=O) groups excluding carboxylic acids is 1. The third kappa shape index (κ3) is 2.95. The maximum absolute atomic E-state index is 13.1. The highest BCUT2D eigenvalue weighted by molar-refractivity contribution is 5.97. The van der Waals surface area contributed by atoms with Crippen LogP contribution in [0.5, 0.6) is 0 Å². The van der Waals surface area contributed by atoms with Crippen molar-refractivity contribution in [3.8, 4) is 0 Å². The maximum Gasteiger partial charge on any atom is 0.254 e. The summed E-state index contributed by atoms with van der Waals surface area (Å²) in [5.41, 5.74) is 2.25. The minimum Gasteiger partial charge on any atom is -0.441 e. The Labute approximate surface area is 148 Å². The first-order chi connectivity index (χ1) is 12.2. The summed E-state index contributed by atoms with van der Waals surface area (Å²) in [6, 6.07) is 6.18. The lowest BCUT2D eigenvalue weighted by Gasteiger charge is -2.36. The number of hydrogen-bond acceptors (Lipinski definition) is 4. The molecule has 0 unspecified atom stereocenters. The highest BCUT2D eigenvalue weighted by Gasteiger charge is 2.38. The largest absolute Gasteiger partial charge is 0.441 e. The topological polar surface area (TPSA) is 49.6 Å². The van der Waals surface area contributed by atoms with Gasteiger partial charge >= 0.3 is 0 Å². The molecule has 6 rings (SSSR count). The van der Waals surface area contributed by atoms with Crippen LogP contribution in [0.25, 0.3) is 11.1 Å². The summed E-state index contributed by atoms with van der Waals surface area (Å²) in [6.07, 6.45) is 5.29. The number of benzene rings is 1. The molecule has 0 N–H and O–H groups in total. The highest BCUT2D eigenvalue weighted by atomic mass is 16.3. The van der Waals surface area contributed by atoms with Gasteiger partial charge in [-0.3, -0.25) is 9.69 Å². The van der Waals surface area contributed by atoms with E-state index in [1.54, 1.807) is 0 Å². The first-order valence-corrected chi connectivity index (χ1v) is 9.56. The van der Waals surface area contributed by atoms with E-state index in [4.69, 9.17) is 4.42 Å². The van der Waals surface area contributed by atoms with Crippen molar-refractivity contribution in [3.63, 3.8) is 0 Å². The Kier molecular flexibility index (Phi) is 3.59. The number of nitrogens with zero attached hydrogens (tertiary/aromatic N) is 3. The molecule has 132 valence electrons. The van der Waals surface area contributed by atoms with Crippen LogP contribution in [0.2, 0.25) is 0 Å². The van der Waals surface area contributed by atoms with E-state index < -0.39 is 0 Å². The van der Waals surface area contributed by atoms with Crippen LogP contribution in [0.3, 0.4) is 0 Å². The van der Waals surface area contributed by atoms with E-state index in [9.17, 15) is 4.79 Å². The Morgan fingerprint density at radius 2 is 2.08 bits per heavy atom. The highest BCUT2D eigenvalue weighted by Crippen LogP contribution is 2.35. The lowest BCUT2D eigenvalue weighted by atomic mass is 9.95. The van der Waals surface area contributed by atoms with Gasteiger partial charge in [-0.25, -0.2) is 4.98 Å². The molecule has 0 spiro atoms. The molecule has 3 saturated heterocycles. The molecule has 1 aromatic carbocycles. The molecule has 5 nitrogen and oxygen atoms in total. The second kappa shape index (κ2) is 5.84. The van der Waals surface area contributed by atoms with Crippen LogP contribution in [-0.4, -0.2) is 52.9 Å². The fraction of sp³-hybridized carbons (Fsp3) is 0.600. The van der Waals surface area contributed by atoms with Gasteiger partial charge in [0.2, 0.25) is 0 Å². The molecule has 4 heterocycles. The van der Waals surface area contributed by atoms with Crippen molar-refractivity contribution < 1.29 is 9.21 Å². The van der Waals surface area contributed by atoms with Crippen LogP contribution in [0.15, 0.2) is 22.6 Å². The quantitative estimate of drug-likeness (QED) is 0.862. The molecule has 4 aliphatic rings. The molecule has 0 radical (unpaired) electrons. The van der Waals surface area contributed by atoms with Gasteiger partial charge in [0.05, 0.1) is 0 Å². The second-order valence-corrected chi connectivity index (χ2v) is 8.12. The molecular weight excluding hydrogens is 314 g/mol. The third-order valence-electron chi connectivity index (χ3n) is 6.05. The second-order valence-electron chi connectivity index (χ2n) is 8.12.